The monoisotopic (exact) mass is 341 g/mol. The zero-order valence-corrected chi connectivity index (χ0v) is 15.0. The molecule has 0 bridgehead atoms. The molecule has 0 amide bonds. The van der Waals surface area contributed by atoms with Gasteiger partial charge < -0.3 is 4.74 Å². The third kappa shape index (κ3) is 3.40. The Balaban J connectivity index is 1.72. The fourth-order valence-corrected chi connectivity index (χ4v) is 4.30. The van der Waals surface area contributed by atoms with Crippen molar-refractivity contribution in [2.45, 2.75) is 57.0 Å². The van der Waals surface area contributed by atoms with Crippen molar-refractivity contribution in [2.75, 3.05) is 20.2 Å². The SMILES string of the molecule is COc1cccc([C@@H](c2nnnn2C2CCCCC2)N2CCCC2)c1. The number of hydrogen-bond acceptors (Lipinski definition) is 5. The number of nitrogens with zero attached hydrogens (tertiary/aromatic N) is 5. The van der Waals surface area contributed by atoms with Crippen molar-refractivity contribution >= 4 is 0 Å². The van der Waals surface area contributed by atoms with Gasteiger partial charge in [0.25, 0.3) is 0 Å². The van der Waals surface area contributed by atoms with Gasteiger partial charge in [-0.05, 0) is 66.9 Å². The van der Waals surface area contributed by atoms with Crippen LogP contribution in [0.2, 0.25) is 0 Å². The molecule has 0 radical (unpaired) electrons. The molecule has 1 aliphatic carbocycles. The summed E-state index contributed by atoms with van der Waals surface area (Å²) in [4.78, 5) is 2.51. The van der Waals surface area contributed by atoms with Crippen molar-refractivity contribution < 1.29 is 4.74 Å². The Bertz CT molecular complexity index is 689. The normalized spacial score (nSPS) is 20.7. The first kappa shape index (κ1) is 16.5. The van der Waals surface area contributed by atoms with E-state index >= 15 is 0 Å². The molecule has 1 saturated carbocycles. The molecular formula is C19H27N5O. The van der Waals surface area contributed by atoms with Gasteiger partial charge in [-0.15, -0.1) is 5.10 Å². The van der Waals surface area contributed by atoms with E-state index in [0.717, 1.165) is 24.7 Å². The fourth-order valence-electron chi connectivity index (χ4n) is 4.30. The number of ether oxygens (including phenoxy) is 1. The molecule has 134 valence electrons. The van der Waals surface area contributed by atoms with Crippen LogP contribution in [0.3, 0.4) is 0 Å². The van der Waals surface area contributed by atoms with Crippen LogP contribution < -0.4 is 4.74 Å². The molecule has 6 nitrogen and oxygen atoms in total. The molecule has 4 rings (SSSR count). The molecule has 6 heteroatoms. The standard InChI is InChI=1S/C19H27N5O/c1-25-17-11-7-8-15(14-17)18(23-12-5-6-13-23)19-20-21-22-24(19)16-9-3-2-4-10-16/h7-8,11,14,16,18H,2-6,9-10,12-13H2,1H3/t18-/m0/s1. The lowest BCUT2D eigenvalue weighted by atomic mass is 9.95. The molecule has 2 aliphatic rings. The third-order valence-corrected chi connectivity index (χ3v) is 5.60. The predicted molar refractivity (Wildman–Crippen MR) is 95.6 cm³/mol. The van der Waals surface area contributed by atoms with Gasteiger partial charge in [0.15, 0.2) is 5.82 Å². The summed E-state index contributed by atoms with van der Waals surface area (Å²) in [6.45, 7) is 2.19. The van der Waals surface area contributed by atoms with E-state index in [-0.39, 0.29) is 6.04 Å². The summed E-state index contributed by atoms with van der Waals surface area (Å²) in [5.74, 6) is 1.88. The van der Waals surface area contributed by atoms with Gasteiger partial charge >= 0.3 is 0 Å². The minimum absolute atomic E-state index is 0.106. The minimum atomic E-state index is 0.106. The van der Waals surface area contributed by atoms with Crippen LogP contribution in [0.25, 0.3) is 0 Å². The van der Waals surface area contributed by atoms with E-state index in [1.54, 1.807) is 7.11 Å². The lowest BCUT2D eigenvalue weighted by Crippen LogP contribution is -2.30. The zero-order chi connectivity index (χ0) is 17.1. The molecule has 0 unspecified atom stereocenters. The minimum Gasteiger partial charge on any atom is -0.497 e. The molecule has 2 aromatic rings. The Morgan fingerprint density at radius 2 is 1.88 bits per heavy atom. The summed E-state index contributed by atoms with van der Waals surface area (Å²) >= 11 is 0. The van der Waals surface area contributed by atoms with Gasteiger partial charge in [0, 0.05) is 0 Å². The number of methoxy groups -OCH3 is 1. The first-order chi connectivity index (χ1) is 12.4. The van der Waals surface area contributed by atoms with Gasteiger partial charge in [-0.3, -0.25) is 4.90 Å². The van der Waals surface area contributed by atoms with Crippen LogP contribution >= 0.6 is 0 Å². The van der Waals surface area contributed by atoms with Crippen molar-refractivity contribution in [3.05, 3.63) is 35.7 Å². The van der Waals surface area contributed by atoms with Gasteiger partial charge in [0.1, 0.15) is 5.75 Å². The van der Waals surface area contributed by atoms with Crippen LogP contribution in [0.15, 0.2) is 24.3 Å². The molecule has 0 N–H and O–H groups in total. The Kier molecular flexibility index (Phi) is 4.97. The maximum absolute atomic E-state index is 5.45. The van der Waals surface area contributed by atoms with Crippen LogP contribution in [0.5, 0.6) is 5.75 Å². The van der Waals surface area contributed by atoms with Crippen LogP contribution in [0.1, 0.15) is 68.4 Å². The van der Waals surface area contributed by atoms with E-state index in [2.05, 4.69) is 43.3 Å². The van der Waals surface area contributed by atoms with Gasteiger partial charge in [-0.1, -0.05) is 31.4 Å². The van der Waals surface area contributed by atoms with E-state index in [1.165, 1.54) is 50.5 Å². The Hall–Kier alpha value is -1.95. The van der Waals surface area contributed by atoms with E-state index in [0.29, 0.717) is 6.04 Å². The van der Waals surface area contributed by atoms with Gasteiger partial charge in [-0.2, -0.15) is 0 Å². The molecule has 0 spiro atoms. The Morgan fingerprint density at radius 3 is 2.64 bits per heavy atom. The second kappa shape index (κ2) is 7.52. The van der Waals surface area contributed by atoms with Crippen molar-refractivity contribution in [3.8, 4) is 5.75 Å². The summed E-state index contributed by atoms with van der Waals surface area (Å²) in [7, 11) is 1.72. The van der Waals surface area contributed by atoms with E-state index in [1.807, 2.05) is 6.07 Å². The maximum Gasteiger partial charge on any atom is 0.173 e. The van der Waals surface area contributed by atoms with Crippen LogP contribution in [-0.4, -0.2) is 45.3 Å². The highest BCUT2D eigenvalue weighted by Crippen LogP contribution is 2.35. The molecule has 1 aliphatic heterocycles. The van der Waals surface area contributed by atoms with Crippen molar-refractivity contribution in [1.29, 1.82) is 0 Å². The predicted octanol–water partition coefficient (Wildman–Crippen LogP) is 3.37. The lowest BCUT2D eigenvalue weighted by molar-refractivity contribution is 0.244. The molecule has 1 aromatic heterocycles. The van der Waals surface area contributed by atoms with E-state index < -0.39 is 0 Å². The van der Waals surface area contributed by atoms with E-state index in [4.69, 9.17) is 4.74 Å². The molecule has 25 heavy (non-hydrogen) atoms. The quantitative estimate of drug-likeness (QED) is 0.834. The largest absolute Gasteiger partial charge is 0.497 e. The van der Waals surface area contributed by atoms with Crippen molar-refractivity contribution in [1.82, 2.24) is 25.1 Å². The first-order valence-corrected chi connectivity index (χ1v) is 9.52. The maximum atomic E-state index is 5.45. The molecule has 1 saturated heterocycles. The summed E-state index contributed by atoms with van der Waals surface area (Å²) in [6, 6.07) is 8.90. The second-order valence-electron chi connectivity index (χ2n) is 7.20. The first-order valence-electron chi connectivity index (χ1n) is 9.52. The highest BCUT2D eigenvalue weighted by atomic mass is 16.5. The number of hydrogen-bond donors (Lipinski definition) is 0. The number of tetrazole rings is 1. The summed E-state index contributed by atoms with van der Waals surface area (Å²) in [5, 5.41) is 12.9. The van der Waals surface area contributed by atoms with Crippen LogP contribution in [0.4, 0.5) is 0 Å². The molecule has 2 heterocycles. The number of rotatable bonds is 5. The highest BCUT2D eigenvalue weighted by Gasteiger charge is 2.32. The van der Waals surface area contributed by atoms with Crippen molar-refractivity contribution in [2.24, 2.45) is 0 Å². The Morgan fingerprint density at radius 1 is 1.08 bits per heavy atom. The molecule has 2 fully saturated rings. The smallest absolute Gasteiger partial charge is 0.173 e. The second-order valence-corrected chi connectivity index (χ2v) is 7.20. The Labute approximate surface area is 149 Å². The van der Waals surface area contributed by atoms with E-state index in [9.17, 15) is 0 Å². The summed E-state index contributed by atoms with van der Waals surface area (Å²) < 4.78 is 7.57. The van der Waals surface area contributed by atoms with Crippen LogP contribution in [0, 0.1) is 0 Å². The van der Waals surface area contributed by atoms with Gasteiger partial charge in [0.2, 0.25) is 0 Å². The average Bonchev–Trinajstić information content (AvgIpc) is 3.36. The highest BCUT2D eigenvalue weighted by molar-refractivity contribution is 5.33. The van der Waals surface area contributed by atoms with Crippen LogP contribution in [-0.2, 0) is 0 Å². The topological polar surface area (TPSA) is 56.1 Å². The lowest BCUT2D eigenvalue weighted by Gasteiger charge is -2.30. The zero-order valence-electron chi connectivity index (χ0n) is 15.0. The third-order valence-electron chi connectivity index (χ3n) is 5.60. The number of benzene rings is 1. The molecular weight excluding hydrogens is 314 g/mol. The fraction of sp³-hybridized carbons (Fsp3) is 0.632. The molecule has 1 aromatic carbocycles. The summed E-state index contributed by atoms with van der Waals surface area (Å²) in [6.07, 6.45) is 8.73. The summed E-state index contributed by atoms with van der Waals surface area (Å²) in [5.41, 5.74) is 1.22. The van der Waals surface area contributed by atoms with Gasteiger partial charge in [0.05, 0.1) is 19.2 Å². The average molecular weight is 341 g/mol. The number of likely N-dealkylation sites (tertiary alicyclic amines) is 1. The van der Waals surface area contributed by atoms with Gasteiger partial charge in [-0.25, -0.2) is 4.68 Å². The number of aromatic nitrogens is 4. The molecule has 1 atom stereocenters. The van der Waals surface area contributed by atoms with Crippen molar-refractivity contribution in [3.63, 3.8) is 0 Å².